The SMILES string of the molecule is C=CC1OC(C)C2CC(C(C)C)C(=O)C2=C1C. The normalized spacial score (nSPS) is 37.6. The van der Waals surface area contributed by atoms with Crippen molar-refractivity contribution in [3.05, 3.63) is 23.8 Å². The molecule has 0 N–H and O–H groups in total. The van der Waals surface area contributed by atoms with Crippen LogP contribution in [0, 0.1) is 17.8 Å². The van der Waals surface area contributed by atoms with E-state index in [9.17, 15) is 4.79 Å². The van der Waals surface area contributed by atoms with Gasteiger partial charge >= 0.3 is 0 Å². The maximum atomic E-state index is 12.5. The van der Waals surface area contributed by atoms with E-state index in [2.05, 4.69) is 27.4 Å². The smallest absolute Gasteiger partial charge is 0.162 e. The number of Topliss-reactive ketones (excluding diaryl/α,β-unsaturated/α-hetero) is 1. The fourth-order valence-electron chi connectivity index (χ4n) is 3.18. The molecule has 0 aromatic carbocycles. The maximum Gasteiger partial charge on any atom is 0.162 e. The zero-order valence-electron chi connectivity index (χ0n) is 11.2. The Morgan fingerprint density at radius 2 is 2.12 bits per heavy atom. The lowest BCUT2D eigenvalue weighted by Crippen LogP contribution is -2.33. The minimum Gasteiger partial charge on any atom is -0.366 e. The average Bonchev–Trinajstić information content (AvgIpc) is 2.62. The third-order valence-corrected chi connectivity index (χ3v) is 4.28. The summed E-state index contributed by atoms with van der Waals surface area (Å²) in [5, 5.41) is 0. The van der Waals surface area contributed by atoms with Crippen LogP contribution in [-0.2, 0) is 9.53 Å². The largest absolute Gasteiger partial charge is 0.366 e. The molecule has 1 aliphatic carbocycles. The van der Waals surface area contributed by atoms with Gasteiger partial charge in [0.25, 0.3) is 0 Å². The Hall–Kier alpha value is -0.890. The molecular weight excluding hydrogens is 212 g/mol. The molecule has 0 bridgehead atoms. The molecule has 2 rings (SSSR count). The van der Waals surface area contributed by atoms with Gasteiger partial charge in [-0.1, -0.05) is 19.9 Å². The molecule has 0 aromatic heterocycles. The minimum atomic E-state index is -0.0777. The van der Waals surface area contributed by atoms with Crippen molar-refractivity contribution in [2.75, 3.05) is 0 Å². The molecule has 0 aromatic rings. The summed E-state index contributed by atoms with van der Waals surface area (Å²) in [5.74, 6) is 1.25. The molecule has 2 heteroatoms. The fourth-order valence-corrected chi connectivity index (χ4v) is 3.18. The molecule has 0 radical (unpaired) electrons. The second kappa shape index (κ2) is 4.41. The lowest BCUT2D eigenvalue weighted by atomic mass is 9.88. The maximum absolute atomic E-state index is 12.5. The Balaban J connectivity index is 2.41. The number of hydrogen-bond acceptors (Lipinski definition) is 2. The topological polar surface area (TPSA) is 26.3 Å². The highest BCUT2D eigenvalue weighted by Gasteiger charge is 2.45. The predicted molar refractivity (Wildman–Crippen MR) is 68.7 cm³/mol. The van der Waals surface area contributed by atoms with Gasteiger partial charge < -0.3 is 4.74 Å². The lowest BCUT2D eigenvalue weighted by molar-refractivity contribution is -0.119. The highest BCUT2D eigenvalue weighted by Crippen LogP contribution is 2.44. The Labute approximate surface area is 104 Å². The Morgan fingerprint density at radius 3 is 2.65 bits per heavy atom. The third-order valence-electron chi connectivity index (χ3n) is 4.28. The number of carbonyl (C=O) groups excluding carboxylic acids is 1. The van der Waals surface area contributed by atoms with Crippen LogP contribution in [-0.4, -0.2) is 18.0 Å². The van der Waals surface area contributed by atoms with Crippen LogP contribution in [0.2, 0.25) is 0 Å². The zero-order valence-corrected chi connectivity index (χ0v) is 11.2. The fraction of sp³-hybridized carbons (Fsp3) is 0.667. The summed E-state index contributed by atoms with van der Waals surface area (Å²) in [6, 6.07) is 0. The van der Waals surface area contributed by atoms with Crippen LogP contribution < -0.4 is 0 Å². The molecule has 1 saturated carbocycles. The quantitative estimate of drug-likeness (QED) is 0.686. The van der Waals surface area contributed by atoms with Gasteiger partial charge in [-0.3, -0.25) is 4.79 Å². The highest BCUT2D eigenvalue weighted by molar-refractivity contribution is 6.01. The van der Waals surface area contributed by atoms with E-state index in [0.29, 0.717) is 17.6 Å². The molecule has 0 amide bonds. The van der Waals surface area contributed by atoms with E-state index in [-0.39, 0.29) is 18.1 Å². The summed E-state index contributed by atoms with van der Waals surface area (Å²) in [6.45, 7) is 12.1. The Bertz CT molecular complexity index is 378. The molecule has 0 saturated heterocycles. The standard InChI is InChI=1S/C15H22O2/c1-6-13-9(4)14-12(10(5)17-13)7-11(8(2)3)15(14)16/h6,8,10-13H,1,7H2,2-5H3. The number of carbonyl (C=O) groups is 1. The molecular formula is C15H22O2. The Kier molecular flexibility index (Phi) is 3.26. The minimum absolute atomic E-state index is 0.0777. The molecule has 2 nitrogen and oxygen atoms in total. The van der Waals surface area contributed by atoms with Crippen LogP contribution in [0.25, 0.3) is 0 Å². The zero-order chi connectivity index (χ0) is 12.7. The van der Waals surface area contributed by atoms with Crippen molar-refractivity contribution in [3.8, 4) is 0 Å². The van der Waals surface area contributed by atoms with E-state index >= 15 is 0 Å². The van der Waals surface area contributed by atoms with Gasteiger partial charge in [-0.15, -0.1) is 6.58 Å². The predicted octanol–water partition coefficient (Wildman–Crippen LogP) is 3.14. The van der Waals surface area contributed by atoms with Gasteiger partial charge in [-0.2, -0.15) is 0 Å². The number of ketones is 1. The van der Waals surface area contributed by atoms with E-state index in [4.69, 9.17) is 4.74 Å². The summed E-state index contributed by atoms with van der Waals surface area (Å²) in [6.07, 6.45) is 2.80. The molecule has 17 heavy (non-hydrogen) atoms. The second-order valence-electron chi connectivity index (χ2n) is 5.65. The molecule has 2 aliphatic rings. The van der Waals surface area contributed by atoms with Crippen LogP contribution in [0.5, 0.6) is 0 Å². The van der Waals surface area contributed by atoms with Crippen molar-refractivity contribution >= 4 is 5.78 Å². The van der Waals surface area contributed by atoms with Crippen LogP contribution >= 0.6 is 0 Å². The van der Waals surface area contributed by atoms with E-state index in [0.717, 1.165) is 17.6 Å². The van der Waals surface area contributed by atoms with Gasteiger partial charge in [0.1, 0.15) is 0 Å². The van der Waals surface area contributed by atoms with Crippen LogP contribution in [0.15, 0.2) is 23.8 Å². The van der Waals surface area contributed by atoms with Crippen molar-refractivity contribution in [2.24, 2.45) is 17.8 Å². The summed E-state index contributed by atoms with van der Waals surface area (Å²) >= 11 is 0. The summed E-state index contributed by atoms with van der Waals surface area (Å²) < 4.78 is 5.91. The first-order valence-electron chi connectivity index (χ1n) is 6.50. The van der Waals surface area contributed by atoms with Crippen molar-refractivity contribution in [1.82, 2.24) is 0 Å². The van der Waals surface area contributed by atoms with Crippen molar-refractivity contribution in [3.63, 3.8) is 0 Å². The molecule has 1 fully saturated rings. The van der Waals surface area contributed by atoms with Gasteiger partial charge in [-0.05, 0) is 31.8 Å². The molecule has 1 heterocycles. The lowest BCUT2D eigenvalue weighted by Gasteiger charge is -2.32. The van der Waals surface area contributed by atoms with Crippen LogP contribution in [0.3, 0.4) is 0 Å². The monoisotopic (exact) mass is 234 g/mol. The van der Waals surface area contributed by atoms with Gasteiger partial charge in [0.15, 0.2) is 5.78 Å². The molecule has 4 atom stereocenters. The van der Waals surface area contributed by atoms with E-state index in [1.54, 1.807) is 6.08 Å². The second-order valence-corrected chi connectivity index (χ2v) is 5.65. The van der Waals surface area contributed by atoms with Gasteiger partial charge in [0, 0.05) is 17.4 Å². The third kappa shape index (κ3) is 1.89. The first-order chi connectivity index (χ1) is 7.97. The van der Waals surface area contributed by atoms with Gasteiger partial charge in [0.05, 0.1) is 12.2 Å². The van der Waals surface area contributed by atoms with E-state index in [1.165, 1.54) is 0 Å². The molecule has 1 aliphatic heterocycles. The number of ether oxygens (including phenoxy) is 1. The number of hydrogen-bond donors (Lipinski definition) is 0. The van der Waals surface area contributed by atoms with Gasteiger partial charge in [0.2, 0.25) is 0 Å². The van der Waals surface area contributed by atoms with Gasteiger partial charge in [-0.25, -0.2) is 0 Å². The van der Waals surface area contributed by atoms with Crippen LogP contribution in [0.1, 0.15) is 34.1 Å². The summed E-state index contributed by atoms with van der Waals surface area (Å²) in [4.78, 5) is 12.5. The number of rotatable bonds is 2. The van der Waals surface area contributed by atoms with Crippen molar-refractivity contribution in [1.29, 1.82) is 0 Å². The summed E-state index contributed by atoms with van der Waals surface area (Å²) in [7, 11) is 0. The Morgan fingerprint density at radius 1 is 1.47 bits per heavy atom. The molecule has 94 valence electrons. The molecule has 0 spiro atoms. The van der Waals surface area contributed by atoms with Crippen LogP contribution in [0.4, 0.5) is 0 Å². The van der Waals surface area contributed by atoms with Crippen molar-refractivity contribution in [2.45, 2.75) is 46.3 Å². The number of fused-ring (bicyclic) bond motifs is 1. The average molecular weight is 234 g/mol. The highest BCUT2D eigenvalue weighted by atomic mass is 16.5. The first kappa shape index (κ1) is 12.6. The van der Waals surface area contributed by atoms with E-state index < -0.39 is 0 Å². The molecule has 4 unspecified atom stereocenters. The van der Waals surface area contributed by atoms with Crippen molar-refractivity contribution < 1.29 is 9.53 Å². The first-order valence-corrected chi connectivity index (χ1v) is 6.50. The summed E-state index contributed by atoms with van der Waals surface area (Å²) in [5.41, 5.74) is 2.11. The van der Waals surface area contributed by atoms with E-state index in [1.807, 2.05) is 6.92 Å².